The van der Waals surface area contributed by atoms with E-state index < -0.39 is 0 Å². The van der Waals surface area contributed by atoms with E-state index in [1.807, 2.05) is 0 Å². The van der Waals surface area contributed by atoms with Gasteiger partial charge in [-0.2, -0.15) is 0 Å². The highest BCUT2D eigenvalue weighted by atomic mass is 14.3. The number of hydrogen-bond donors (Lipinski definition) is 0. The summed E-state index contributed by atoms with van der Waals surface area (Å²) in [6.45, 7) is 28.0. The minimum Gasteiger partial charge on any atom is -0.0561 e. The standard InChI is InChI=1S/C96H74/c1-93(2,3)63-41-55-17-13-51-21-29-67(71-33-25-59(45-63)83(55)87(51)71)75-37-39-77-81-49-79(69-31-23-53-15-19-57-43-65(95(7,8)9)47-61-27-35-73(69)89(53)85(57)61)80(70-32-24-54-16-20-58-44-66(96(10,11)12)48-62-28-36-74(70)90(54)86(58)62)50-82(81)78-40-38-76(91(75)92(77)78)68-30-22-52-14-18-56-42-64(94(4,5)6)46-60-26-34-72(68)88(52)84(56)60/h13-50H,1-12H3. The summed E-state index contributed by atoms with van der Waals surface area (Å²) in [6, 6.07) is 92.3. The van der Waals surface area contributed by atoms with Crippen molar-refractivity contribution in [3.05, 3.63) is 253 Å². The maximum atomic E-state index is 2.61. The second kappa shape index (κ2) is 18.7. The van der Waals surface area contributed by atoms with Gasteiger partial charge in [0.25, 0.3) is 0 Å². The van der Waals surface area contributed by atoms with Crippen LogP contribution in [0.1, 0.15) is 105 Å². The van der Waals surface area contributed by atoms with Gasteiger partial charge in [0.15, 0.2) is 0 Å². The lowest BCUT2D eigenvalue weighted by Gasteiger charge is -2.23. The summed E-state index contributed by atoms with van der Waals surface area (Å²) < 4.78 is 0. The molecule has 0 unspecified atom stereocenters. The fourth-order valence-corrected chi connectivity index (χ4v) is 17.8. The fourth-order valence-electron chi connectivity index (χ4n) is 17.8. The van der Waals surface area contributed by atoms with Crippen molar-refractivity contribution in [2.75, 3.05) is 0 Å². The van der Waals surface area contributed by atoms with Gasteiger partial charge in [-0.15, -0.1) is 0 Å². The van der Waals surface area contributed by atoms with Gasteiger partial charge in [0.2, 0.25) is 0 Å². The fraction of sp³-hybridized carbons (Fsp3) is 0.167. The Morgan fingerprint density at radius 1 is 0.135 bits per heavy atom. The van der Waals surface area contributed by atoms with Crippen LogP contribution in [0, 0.1) is 0 Å². The molecular formula is C96H74. The summed E-state index contributed by atoms with van der Waals surface area (Å²) in [5, 5.41) is 34.0. The van der Waals surface area contributed by atoms with Crippen molar-refractivity contribution < 1.29 is 0 Å². The first-order chi connectivity index (χ1) is 46.1. The van der Waals surface area contributed by atoms with Crippen molar-refractivity contribution in [2.45, 2.75) is 105 Å². The second-order valence-electron chi connectivity index (χ2n) is 32.8. The van der Waals surface area contributed by atoms with Crippen molar-refractivity contribution in [1.29, 1.82) is 0 Å². The van der Waals surface area contributed by atoms with Gasteiger partial charge in [-0.05, 0) is 263 Å². The molecule has 0 aromatic heterocycles. The number of hydrogen-bond acceptors (Lipinski definition) is 0. The van der Waals surface area contributed by atoms with Crippen LogP contribution in [0.5, 0.6) is 0 Å². The van der Waals surface area contributed by atoms with E-state index in [9.17, 15) is 0 Å². The normalized spacial score (nSPS) is 13.4. The van der Waals surface area contributed by atoms with E-state index in [0.29, 0.717) is 0 Å². The number of fused-ring (bicyclic) bond motifs is 3. The Balaban J connectivity index is 0.893. The Morgan fingerprint density at radius 2 is 0.302 bits per heavy atom. The molecule has 20 rings (SSSR count). The van der Waals surface area contributed by atoms with Gasteiger partial charge < -0.3 is 0 Å². The minimum atomic E-state index is 0.0177. The van der Waals surface area contributed by atoms with Crippen molar-refractivity contribution in [3.63, 3.8) is 0 Å². The zero-order chi connectivity index (χ0) is 65.1. The molecule has 0 heterocycles. The Labute approximate surface area is 560 Å². The Kier molecular flexibility index (Phi) is 10.9. The van der Waals surface area contributed by atoms with Crippen LogP contribution in [-0.2, 0) is 21.7 Å². The van der Waals surface area contributed by atoms with Gasteiger partial charge in [-0.1, -0.05) is 301 Å². The summed E-state index contributed by atoms with van der Waals surface area (Å²) in [5.74, 6) is 0. The molecular weight excluding hydrogens is 1150 g/mol. The molecule has 0 heteroatoms. The third kappa shape index (κ3) is 7.73. The molecule has 0 saturated carbocycles. The Hall–Kier alpha value is -10.4. The molecule has 0 saturated heterocycles. The van der Waals surface area contributed by atoms with Gasteiger partial charge in [0, 0.05) is 0 Å². The van der Waals surface area contributed by atoms with Crippen LogP contribution < -0.4 is 0 Å². The van der Waals surface area contributed by atoms with Crippen LogP contribution in [0.15, 0.2) is 231 Å². The van der Waals surface area contributed by atoms with Crippen LogP contribution in [-0.4, -0.2) is 0 Å². The van der Waals surface area contributed by atoms with Crippen LogP contribution in [0.4, 0.5) is 0 Å². The second-order valence-corrected chi connectivity index (χ2v) is 32.8. The van der Waals surface area contributed by atoms with Gasteiger partial charge in [-0.25, -0.2) is 0 Å². The highest BCUT2D eigenvalue weighted by Crippen LogP contribution is 2.58. The monoisotopic (exact) mass is 1230 g/mol. The molecule has 0 N–H and O–H groups in total. The molecule has 19 aromatic rings. The summed E-state index contributed by atoms with van der Waals surface area (Å²) in [6.07, 6.45) is 0. The molecule has 0 atom stereocenters. The summed E-state index contributed by atoms with van der Waals surface area (Å²) in [5.41, 5.74) is 20.7. The average Bonchev–Trinajstić information content (AvgIpc) is 1.42. The zero-order valence-electron chi connectivity index (χ0n) is 56.9. The highest BCUT2D eigenvalue weighted by molar-refractivity contribution is 6.34. The third-order valence-corrected chi connectivity index (χ3v) is 22.9. The Bertz CT molecular complexity index is 6160. The van der Waals surface area contributed by atoms with E-state index in [-0.39, 0.29) is 21.7 Å². The van der Waals surface area contributed by atoms with Crippen LogP contribution >= 0.6 is 0 Å². The lowest BCUT2D eigenvalue weighted by Crippen LogP contribution is -2.10. The SMILES string of the molecule is CC(C)(C)c1cc2ccc3ccc(-c4cc5c(cc4-c4ccc6ccc7cc(C(C)(C)C)cc8ccc4c6c78)-c4ccc(-c6ccc7ccc8cc(C(C)(C)C)cc9ccc6c7c89)c6c(-c7ccc8ccc9cc(C(C)(C)C)cc%10ccc7c8c9%10)ccc-5c46)c4ccc(c1)c2c34. The van der Waals surface area contributed by atoms with Crippen molar-refractivity contribution >= 4 is 140 Å². The first-order valence-corrected chi connectivity index (χ1v) is 34.8. The predicted molar refractivity (Wildman–Crippen MR) is 420 cm³/mol. The summed E-state index contributed by atoms with van der Waals surface area (Å²) >= 11 is 0. The topological polar surface area (TPSA) is 0 Å². The van der Waals surface area contributed by atoms with Crippen molar-refractivity contribution in [3.8, 4) is 66.8 Å². The van der Waals surface area contributed by atoms with Gasteiger partial charge in [0.05, 0.1) is 0 Å². The lowest BCUT2D eigenvalue weighted by atomic mass is 9.81. The van der Waals surface area contributed by atoms with Crippen molar-refractivity contribution in [1.82, 2.24) is 0 Å². The summed E-state index contributed by atoms with van der Waals surface area (Å²) in [4.78, 5) is 0. The quantitative estimate of drug-likeness (QED) is 0.154. The smallest absolute Gasteiger partial charge is 0.00139 e. The molecule has 1 aliphatic carbocycles. The lowest BCUT2D eigenvalue weighted by molar-refractivity contribution is 0.591. The molecule has 0 aliphatic heterocycles. The zero-order valence-corrected chi connectivity index (χ0v) is 56.9. The molecule has 0 amide bonds. The number of rotatable bonds is 4. The maximum Gasteiger partial charge on any atom is -0.00139 e. The largest absolute Gasteiger partial charge is 0.0561 e. The maximum absolute atomic E-state index is 2.61. The van der Waals surface area contributed by atoms with Crippen molar-refractivity contribution in [2.24, 2.45) is 0 Å². The first-order valence-electron chi connectivity index (χ1n) is 34.8. The van der Waals surface area contributed by atoms with Crippen LogP contribution in [0.2, 0.25) is 0 Å². The first kappa shape index (κ1) is 56.0. The molecule has 458 valence electrons. The molecule has 1 aliphatic rings. The van der Waals surface area contributed by atoms with E-state index in [2.05, 4.69) is 314 Å². The average molecular weight is 1230 g/mol. The van der Waals surface area contributed by atoms with E-state index >= 15 is 0 Å². The van der Waals surface area contributed by atoms with E-state index in [1.54, 1.807) is 0 Å². The molecule has 0 spiro atoms. The molecule has 0 radical (unpaired) electrons. The van der Waals surface area contributed by atoms with E-state index in [4.69, 9.17) is 0 Å². The Morgan fingerprint density at radius 3 is 0.531 bits per heavy atom. The van der Waals surface area contributed by atoms with E-state index in [1.165, 1.54) is 229 Å². The molecule has 19 aromatic carbocycles. The minimum absolute atomic E-state index is 0.0177. The molecule has 0 bridgehead atoms. The third-order valence-electron chi connectivity index (χ3n) is 22.9. The predicted octanol–water partition coefficient (Wildman–Crippen LogP) is 27.9. The molecule has 0 nitrogen and oxygen atoms in total. The number of benzene rings is 19. The highest BCUT2D eigenvalue weighted by Gasteiger charge is 2.32. The van der Waals surface area contributed by atoms with Gasteiger partial charge in [0.1, 0.15) is 0 Å². The van der Waals surface area contributed by atoms with Crippen LogP contribution in [0.3, 0.4) is 0 Å². The van der Waals surface area contributed by atoms with Gasteiger partial charge >= 0.3 is 0 Å². The van der Waals surface area contributed by atoms with E-state index in [0.717, 1.165) is 0 Å². The van der Waals surface area contributed by atoms with Gasteiger partial charge in [-0.3, -0.25) is 0 Å². The summed E-state index contributed by atoms with van der Waals surface area (Å²) in [7, 11) is 0. The molecule has 0 fully saturated rings. The molecule has 96 heavy (non-hydrogen) atoms. The van der Waals surface area contributed by atoms with Crippen LogP contribution in [0.25, 0.3) is 207 Å².